The van der Waals surface area contributed by atoms with Crippen molar-refractivity contribution in [2.24, 2.45) is 5.92 Å². The predicted molar refractivity (Wildman–Crippen MR) is 82.9 cm³/mol. The summed E-state index contributed by atoms with van der Waals surface area (Å²) in [6, 6.07) is 5.29. The first-order valence-electron chi connectivity index (χ1n) is 7.27. The molecule has 1 aromatic carbocycles. The van der Waals surface area contributed by atoms with E-state index in [1.54, 1.807) is 19.2 Å². The minimum atomic E-state index is -3.51. The highest BCUT2D eigenvalue weighted by Gasteiger charge is 2.29. The molecule has 1 aliphatic rings. The van der Waals surface area contributed by atoms with Gasteiger partial charge < -0.3 is 10.1 Å². The molecule has 2 rings (SSSR count). The van der Waals surface area contributed by atoms with Crippen molar-refractivity contribution in [3.8, 4) is 5.75 Å². The quantitative estimate of drug-likeness (QED) is 0.834. The lowest BCUT2D eigenvalue weighted by molar-refractivity contribution is 0.262. The molecular weight excluding hydrogens is 288 g/mol. The molecule has 6 heteroatoms. The van der Waals surface area contributed by atoms with Gasteiger partial charge in [-0.15, -0.1) is 0 Å². The molecule has 5 nitrogen and oxygen atoms in total. The third-order valence-electron chi connectivity index (χ3n) is 4.04. The summed E-state index contributed by atoms with van der Waals surface area (Å²) in [6.07, 6.45) is 3.45. The van der Waals surface area contributed by atoms with Crippen molar-refractivity contribution in [3.63, 3.8) is 0 Å². The number of rotatable bonds is 7. The summed E-state index contributed by atoms with van der Waals surface area (Å²) >= 11 is 0. The van der Waals surface area contributed by atoms with E-state index in [-0.39, 0.29) is 4.90 Å². The van der Waals surface area contributed by atoms with Gasteiger partial charge in [-0.2, -0.15) is 0 Å². The van der Waals surface area contributed by atoms with E-state index < -0.39 is 10.0 Å². The van der Waals surface area contributed by atoms with E-state index >= 15 is 0 Å². The first-order valence-corrected chi connectivity index (χ1v) is 8.71. The Morgan fingerprint density at radius 2 is 2.10 bits per heavy atom. The van der Waals surface area contributed by atoms with Gasteiger partial charge in [0.05, 0.1) is 7.11 Å². The zero-order chi connectivity index (χ0) is 15.5. The van der Waals surface area contributed by atoms with E-state index in [0.29, 0.717) is 24.8 Å². The van der Waals surface area contributed by atoms with Crippen molar-refractivity contribution >= 4 is 10.0 Å². The highest BCUT2D eigenvalue weighted by atomic mass is 32.2. The molecule has 0 spiro atoms. The molecule has 0 atom stereocenters. The van der Waals surface area contributed by atoms with Gasteiger partial charge in [-0.3, -0.25) is 0 Å². The second-order valence-corrected chi connectivity index (χ2v) is 7.61. The highest BCUT2D eigenvalue weighted by molar-refractivity contribution is 7.89. The molecule has 0 aromatic heterocycles. The van der Waals surface area contributed by atoms with Crippen LogP contribution in [0.1, 0.15) is 24.8 Å². The molecular formula is C15H24N2O3S. The lowest BCUT2D eigenvalue weighted by atomic mass is 9.86. The van der Waals surface area contributed by atoms with E-state index in [0.717, 1.165) is 18.4 Å². The zero-order valence-electron chi connectivity index (χ0n) is 12.9. The molecule has 118 valence electrons. The van der Waals surface area contributed by atoms with Gasteiger partial charge in [0.15, 0.2) is 0 Å². The van der Waals surface area contributed by atoms with Crippen molar-refractivity contribution in [1.82, 2.24) is 9.62 Å². The normalized spacial score (nSPS) is 16.0. The Hall–Kier alpha value is -1.11. The number of ether oxygens (including phenoxy) is 1. The molecule has 1 N–H and O–H groups in total. The van der Waals surface area contributed by atoms with Crippen LogP contribution in [-0.4, -0.2) is 40.5 Å². The van der Waals surface area contributed by atoms with Crippen LogP contribution in [0.2, 0.25) is 0 Å². The minimum Gasteiger partial charge on any atom is -0.495 e. The summed E-state index contributed by atoms with van der Waals surface area (Å²) in [5.74, 6) is 0.895. The first kappa shape index (κ1) is 16.3. The second kappa shape index (κ2) is 6.77. The topological polar surface area (TPSA) is 58.6 Å². The number of sulfonamides is 1. The fraction of sp³-hybridized carbons (Fsp3) is 0.600. The Kier molecular flexibility index (Phi) is 5.24. The van der Waals surface area contributed by atoms with Crippen LogP contribution < -0.4 is 10.1 Å². The molecule has 0 saturated heterocycles. The summed E-state index contributed by atoms with van der Waals surface area (Å²) in [5, 5.41) is 3.03. The third-order valence-corrected chi connectivity index (χ3v) is 5.88. The van der Waals surface area contributed by atoms with Gasteiger partial charge in [0.25, 0.3) is 0 Å². The number of methoxy groups -OCH3 is 1. The summed E-state index contributed by atoms with van der Waals surface area (Å²) in [5.41, 5.74) is 0.925. The van der Waals surface area contributed by atoms with Gasteiger partial charge in [0.1, 0.15) is 10.6 Å². The number of nitrogens with one attached hydrogen (secondary N) is 1. The van der Waals surface area contributed by atoms with Crippen molar-refractivity contribution in [1.29, 1.82) is 0 Å². The Labute approximate surface area is 127 Å². The van der Waals surface area contributed by atoms with Gasteiger partial charge in [0.2, 0.25) is 10.0 Å². The molecule has 0 aliphatic heterocycles. The molecule has 0 unspecified atom stereocenters. The van der Waals surface area contributed by atoms with E-state index in [1.807, 2.05) is 13.1 Å². The lowest BCUT2D eigenvalue weighted by Gasteiger charge is -2.30. The number of hydrogen-bond acceptors (Lipinski definition) is 4. The molecule has 0 amide bonds. The van der Waals surface area contributed by atoms with Crippen LogP contribution in [0.4, 0.5) is 0 Å². The summed E-state index contributed by atoms with van der Waals surface area (Å²) in [4.78, 5) is 0.250. The standard InChI is InChI=1S/C15H24N2O3S/c1-16-10-13-7-8-14(20-3)15(9-13)21(18,19)17(2)11-12-5-4-6-12/h7-9,12,16H,4-6,10-11H2,1-3H3. The van der Waals surface area contributed by atoms with Gasteiger partial charge in [-0.05, 0) is 43.5 Å². The molecule has 1 aliphatic carbocycles. The monoisotopic (exact) mass is 312 g/mol. The van der Waals surface area contributed by atoms with E-state index in [1.165, 1.54) is 17.8 Å². The van der Waals surface area contributed by atoms with Gasteiger partial charge >= 0.3 is 0 Å². The Bertz CT molecular complexity index is 583. The lowest BCUT2D eigenvalue weighted by Crippen LogP contribution is -2.34. The van der Waals surface area contributed by atoms with Crippen LogP contribution in [0.3, 0.4) is 0 Å². The number of benzene rings is 1. The van der Waals surface area contributed by atoms with Crippen LogP contribution in [0.5, 0.6) is 5.75 Å². The van der Waals surface area contributed by atoms with E-state index in [4.69, 9.17) is 4.74 Å². The molecule has 0 radical (unpaired) electrons. The summed E-state index contributed by atoms with van der Waals surface area (Å²) < 4.78 is 32.2. The zero-order valence-corrected chi connectivity index (χ0v) is 13.7. The Morgan fingerprint density at radius 1 is 1.38 bits per heavy atom. The van der Waals surface area contributed by atoms with Crippen LogP contribution in [0, 0.1) is 5.92 Å². The van der Waals surface area contributed by atoms with Crippen LogP contribution in [-0.2, 0) is 16.6 Å². The van der Waals surface area contributed by atoms with Gasteiger partial charge in [0, 0.05) is 20.1 Å². The molecule has 21 heavy (non-hydrogen) atoms. The van der Waals surface area contributed by atoms with Crippen molar-refractivity contribution in [3.05, 3.63) is 23.8 Å². The predicted octanol–water partition coefficient (Wildman–Crippen LogP) is 1.84. The highest BCUT2D eigenvalue weighted by Crippen LogP contribution is 2.31. The average molecular weight is 312 g/mol. The Morgan fingerprint density at radius 3 is 2.62 bits per heavy atom. The van der Waals surface area contributed by atoms with Gasteiger partial charge in [-0.25, -0.2) is 12.7 Å². The SMILES string of the molecule is CNCc1ccc(OC)c(S(=O)(=O)N(C)CC2CCC2)c1. The maximum Gasteiger partial charge on any atom is 0.246 e. The molecule has 1 saturated carbocycles. The molecule has 1 fully saturated rings. The Balaban J connectivity index is 2.29. The van der Waals surface area contributed by atoms with Gasteiger partial charge in [-0.1, -0.05) is 12.5 Å². The largest absolute Gasteiger partial charge is 0.495 e. The van der Waals surface area contributed by atoms with E-state index in [2.05, 4.69) is 5.32 Å². The molecule has 0 heterocycles. The van der Waals surface area contributed by atoms with Crippen molar-refractivity contribution in [2.45, 2.75) is 30.7 Å². The first-order chi connectivity index (χ1) is 9.98. The average Bonchev–Trinajstić information content (AvgIpc) is 2.42. The fourth-order valence-electron chi connectivity index (χ4n) is 2.54. The maximum absolute atomic E-state index is 12.8. The third kappa shape index (κ3) is 3.56. The maximum atomic E-state index is 12.8. The van der Waals surface area contributed by atoms with Crippen LogP contribution in [0.25, 0.3) is 0 Å². The summed E-state index contributed by atoms with van der Waals surface area (Å²) in [7, 11) is 1.47. The fourth-order valence-corrected chi connectivity index (χ4v) is 3.99. The smallest absolute Gasteiger partial charge is 0.246 e. The second-order valence-electron chi connectivity index (χ2n) is 5.60. The van der Waals surface area contributed by atoms with E-state index in [9.17, 15) is 8.42 Å². The minimum absolute atomic E-state index is 0.250. The van der Waals surface area contributed by atoms with Crippen molar-refractivity contribution in [2.75, 3.05) is 27.7 Å². The summed E-state index contributed by atoms with van der Waals surface area (Å²) in [6.45, 7) is 1.21. The number of hydrogen-bond donors (Lipinski definition) is 1. The van der Waals surface area contributed by atoms with Crippen molar-refractivity contribution < 1.29 is 13.2 Å². The number of nitrogens with zero attached hydrogens (tertiary/aromatic N) is 1. The van der Waals surface area contributed by atoms with Crippen LogP contribution in [0.15, 0.2) is 23.1 Å². The molecule has 0 bridgehead atoms. The van der Waals surface area contributed by atoms with Crippen LogP contribution >= 0.6 is 0 Å². The molecule has 1 aromatic rings.